The van der Waals surface area contributed by atoms with Gasteiger partial charge in [0, 0.05) is 36.8 Å². The first-order chi connectivity index (χ1) is 14.0. The lowest BCUT2D eigenvalue weighted by atomic mass is 9.77. The molecule has 5 rings (SSSR count). The third kappa shape index (κ3) is 3.19. The van der Waals surface area contributed by atoms with Gasteiger partial charge in [-0.3, -0.25) is 14.7 Å². The van der Waals surface area contributed by atoms with Crippen LogP contribution in [0.2, 0.25) is 0 Å². The van der Waals surface area contributed by atoms with Gasteiger partial charge in [0.05, 0.1) is 17.9 Å². The number of nitrogens with zero attached hydrogens (tertiary/aromatic N) is 6. The van der Waals surface area contributed by atoms with E-state index in [1.54, 1.807) is 12.4 Å². The van der Waals surface area contributed by atoms with E-state index in [4.69, 9.17) is 4.52 Å². The van der Waals surface area contributed by atoms with E-state index < -0.39 is 0 Å². The molecule has 4 heterocycles. The van der Waals surface area contributed by atoms with Crippen molar-refractivity contribution in [1.29, 1.82) is 0 Å². The molecule has 2 fully saturated rings. The van der Waals surface area contributed by atoms with Gasteiger partial charge in [-0.2, -0.15) is 4.98 Å². The minimum atomic E-state index is -0.0571. The van der Waals surface area contributed by atoms with Gasteiger partial charge in [0.15, 0.2) is 0 Å². The monoisotopic (exact) mass is 390 g/mol. The molecule has 1 atom stereocenters. The molecule has 2 saturated heterocycles. The lowest BCUT2D eigenvalue weighted by molar-refractivity contribution is 0.0109. The molecule has 0 saturated carbocycles. The molecule has 1 aromatic carbocycles. The Labute approximate surface area is 168 Å². The van der Waals surface area contributed by atoms with E-state index in [0.717, 1.165) is 24.2 Å². The third-order valence-corrected chi connectivity index (χ3v) is 5.84. The van der Waals surface area contributed by atoms with Crippen molar-refractivity contribution in [2.24, 2.45) is 5.41 Å². The molecular formula is C21H22N6O2. The van der Waals surface area contributed by atoms with Gasteiger partial charge >= 0.3 is 0 Å². The van der Waals surface area contributed by atoms with Crippen molar-refractivity contribution in [1.82, 2.24) is 29.9 Å². The van der Waals surface area contributed by atoms with Crippen molar-refractivity contribution in [3.63, 3.8) is 0 Å². The summed E-state index contributed by atoms with van der Waals surface area (Å²) in [6.45, 7) is 4.17. The Morgan fingerprint density at radius 2 is 1.93 bits per heavy atom. The quantitative estimate of drug-likeness (QED) is 0.678. The van der Waals surface area contributed by atoms with Crippen molar-refractivity contribution in [2.45, 2.75) is 19.4 Å². The highest BCUT2D eigenvalue weighted by atomic mass is 16.5. The zero-order valence-electron chi connectivity index (χ0n) is 16.4. The minimum absolute atomic E-state index is 0.0571. The normalized spacial score (nSPS) is 20.8. The highest BCUT2D eigenvalue weighted by Crippen LogP contribution is 2.47. The first kappa shape index (κ1) is 17.9. The fourth-order valence-corrected chi connectivity index (χ4v) is 4.42. The second-order valence-corrected chi connectivity index (χ2v) is 8.16. The average molecular weight is 390 g/mol. The second kappa shape index (κ2) is 6.73. The lowest BCUT2D eigenvalue weighted by Gasteiger charge is -2.47. The fraction of sp³-hybridized carbons (Fsp3) is 0.381. The summed E-state index contributed by atoms with van der Waals surface area (Å²) in [5.74, 6) is 1.19. The van der Waals surface area contributed by atoms with E-state index in [9.17, 15) is 4.79 Å². The van der Waals surface area contributed by atoms with Crippen LogP contribution in [0.1, 0.15) is 34.5 Å². The zero-order chi connectivity index (χ0) is 20.0. The van der Waals surface area contributed by atoms with E-state index >= 15 is 0 Å². The number of hydrogen-bond acceptors (Lipinski definition) is 7. The summed E-state index contributed by atoms with van der Waals surface area (Å²) in [6.07, 6.45) is 4.07. The Balaban J connectivity index is 1.27. The van der Waals surface area contributed by atoms with Crippen LogP contribution < -0.4 is 0 Å². The van der Waals surface area contributed by atoms with Gasteiger partial charge in [-0.25, -0.2) is 4.98 Å². The SMILES string of the molecule is Cc1cnc(C(=O)N2CC3(CC(c4nc(-c5ccccc5)no4)N(C)C3)C2)cn1. The minimum Gasteiger partial charge on any atom is -0.337 e. The van der Waals surface area contributed by atoms with Crippen LogP contribution in [-0.4, -0.2) is 62.5 Å². The van der Waals surface area contributed by atoms with Crippen molar-refractivity contribution in [3.8, 4) is 11.4 Å². The molecular weight excluding hydrogens is 368 g/mol. The van der Waals surface area contributed by atoms with Crippen molar-refractivity contribution in [3.05, 3.63) is 60.0 Å². The molecule has 1 amide bonds. The Morgan fingerprint density at radius 1 is 1.14 bits per heavy atom. The molecule has 29 heavy (non-hydrogen) atoms. The number of aryl methyl sites for hydroxylation is 1. The van der Waals surface area contributed by atoms with Crippen molar-refractivity contribution >= 4 is 5.91 Å². The molecule has 1 spiro atoms. The molecule has 2 aliphatic rings. The topological polar surface area (TPSA) is 88.2 Å². The maximum absolute atomic E-state index is 12.6. The van der Waals surface area contributed by atoms with Gasteiger partial charge in [0.2, 0.25) is 11.7 Å². The largest absolute Gasteiger partial charge is 0.337 e. The first-order valence-electron chi connectivity index (χ1n) is 9.70. The first-order valence-corrected chi connectivity index (χ1v) is 9.70. The summed E-state index contributed by atoms with van der Waals surface area (Å²) in [4.78, 5) is 29.7. The summed E-state index contributed by atoms with van der Waals surface area (Å²) in [6, 6.07) is 9.89. The molecule has 148 valence electrons. The van der Waals surface area contributed by atoms with E-state index in [0.29, 0.717) is 30.5 Å². The Kier molecular flexibility index (Phi) is 4.16. The maximum atomic E-state index is 12.6. The predicted octanol–water partition coefficient (Wildman–Crippen LogP) is 2.35. The zero-order valence-corrected chi connectivity index (χ0v) is 16.4. The molecule has 8 nitrogen and oxygen atoms in total. The Hall–Kier alpha value is -3.13. The second-order valence-electron chi connectivity index (χ2n) is 8.16. The number of carbonyl (C=O) groups is 1. The van der Waals surface area contributed by atoms with Crippen LogP contribution in [0, 0.1) is 12.3 Å². The van der Waals surface area contributed by atoms with Crippen LogP contribution in [0.15, 0.2) is 47.2 Å². The molecule has 0 N–H and O–H groups in total. The van der Waals surface area contributed by atoms with Gasteiger partial charge < -0.3 is 9.42 Å². The number of rotatable bonds is 3. The molecule has 8 heteroatoms. The van der Waals surface area contributed by atoms with E-state index in [2.05, 4.69) is 32.1 Å². The van der Waals surface area contributed by atoms with Crippen LogP contribution in [0.25, 0.3) is 11.4 Å². The highest BCUT2D eigenvalue weighted by molar-refractivity contribution is 5.92. The van der Waals surface area contributed by atoms with Crippen LogP contribution in [0.5, 0.6) is 0 Å². The van der Waals surface area contributed by atoms with Gasteiger partial charge in [-0.1, -0.05) is 35.5 Å². The summed E-state index contributed by atoms with van der Waals surface area (Å²) in [7, 11) is 2.07. The Bertz CT molecular complexity index is 1030. The number of aromatic nitrogens is 4. The number of amides is 1. The number of carbonyl (C=O) groups excluding carboxylic acids is 1. The van der Waals surface area contributed by atoms with Crippen molar-refractivity contribution < 1.29 is 9.32 Å². The van der Waals surface area contributed by atoms with E-state index in [1.165, 1.54) is 0 Å². The summed E-state index contributed by atoms with van der Waals surface area (Å²) < 4.78 is 5.59. The maximum Gasteiger partial charge on any atom is 0.274 e. The molecule has 2 aliphatic heterocycles. The summed E-state index contributed by atoms with van der Waals surface area (Å²) >= 11 is 0. The highest BCUT2D eigenvalue weighted by Gasteiger charge is 2.53. The molecule has 1 unspecified atom stereocenters. The predicted molar refractivity (Wildman–Crippen MR) is 105 cm³/mol. The molecule has 3 aromatic rings. The smallest absolute Gasteiger partial charge is 0.274 e. The van der Waals surface area contributed by atoms with Crippen molar-refractivity contribution in [2.75, 3.05) is 26.7 Å². The molecule has 2 aromatic heterocycles. The van der Waals surface area contributed by atoms with Crippen LogP contribution in [0.4, 0.5) is 0 Å². The molecule has 0 radical (unpaired) electrons. The Morgan fingerprint density at radius 3 is 2.66 bits per heavy atom. The average Bonchev–Trinajstić information content (AvgIpc) is 3.32. The standard InChI is InChI=1S/C21H22N6O2/c1-14-9-23-16(10-22-14)20(28)27-12-21(13-27)8-17(26(2)11-21)19-24-18(25-29-19)15-6-4-3-5-7-15/h3-7,9-10,17H,8,11-13H2,1-2H3. The fourth-order valence-electron chi connectivity index (χ4n) is 4.42. The van der Waals surface area contributed by atoms with Gasteiger partial charge in [0.1, 0.15) is 5.69 Å². The number of hydrogen-bond donors (Lipinski definition) is 0. The van der Waals surface area contributed by atoms with Crippen LogP contribution in [-0.2, 0) is 0 Å². The number of likely N-dealkylation sites (tertiary alicyclic amines) is 2. The van der Waals surface area contributed by atoms with Gasteiger partial charge in [-0.15, -0.1) is 0 Å². The van der Waals surface area contributed by atoms with E-state index in [1.807, 2.05) is 42.2 Å². The third-order valence-electron chi connectivity index (χ3n) is 5.84. The lowest BCUT2D eigenvalue weighted by Crippen LogP contribution is -2.59. The van der Waals surface area contributed by atoms with Gasteiger partial charge in [-0.05, 0) is 20.4 Å². The molecule has 0 aliphatic carbocycles. The summed E-state index contributed by atoms with van der Waals surface area (Å²) in [5.41, 5.74) is 2.21. The van der Waals surface area contributed by atoms with Crippen LogP contribution >= 0.6 is 0 Å². The number of benzene rings is 1. The van der Waals surface area contributed by atoms with Crippen LogP contribution in [0.3, 0.4) is 0 Å². The molecule has 0 bridgehead atoms. The van der Waals surface area contributed by atoms with Gasteiger partial charge in [0.25, 0.3) is 5.91 Å². The summed E-state index contributed by atoms with van der Waals surface area (Å²) in [5, 5.41) is 4.15. The van der Waals surface area contributed by atoms with E-state index in [-0.39, 0.29) is 17.4 Å².